The highest BCUT2D eigenvalue weighted by Gasteiger charge is 2.42. The molecule has 4 aromatic rings. The van der Waals surface area contributed by atoms with Crippen LogP contribution in [0.4, 0.5) is 20.2 Å². The van der Waals surface area contributed by atoms with Crippen molar-refractivity contribution in [2.24, 2.45) is 0 Å². The lowest BCUT2D eigenvalue weighted by atomic mass is 9.93. The van der Waals surface area contributed by atoms with E-state index in [-0.39, 0.29) is 58.6 Å². The van der Waals surface area contributed by atoms with Crippen molar-refractivity contribution in [2.75, 3.05) is 17.2 Å². The highest BCUT2D eigenvalue weighted by Crippen LogP contribution is 2.39. The maximum Gasteiger partial charge on any atom is 0.335 e. The Morgan fingerprint density at radius 2 is 1.80 bits per heavy atom. The second kappa shape index (κ2) is 10.9. The third-order valence-electron chi connectivity index (χ3n) is 8.37. The van der Waals surface area contributed by atoms with E-state index in [2.05, 4.69) is 20.6 Å². The number of nitrogens with zero attached hydrogens (tertiary/aromatic N) is 3. The second-order valence-corrected chi connectivity index (χ2v) is 11.1. The Hall–Kier alpha value is -5.53. The number of aromatic nitrogens is 2. The van der Waals surface area contributed by atoms with Crippen LogP contribution in [0, 0.1) is 6.92 Å². The lowest BCUT2D eigenvalue weighted by Crippen LogP contribution is -2.48. The van der Waals surface area contributed by atoms with Gasteiger partial charge in [-0.05, 0) is 53.6 Å². The maximum atomic E-state index is 14.9. The number of aromatic carboxylic acids is 1. The zero-order chi connectivity index (χ0) is 32.2. The molecule has 230 valence electrons. The molecule has 3 aromatic carbocycles. The smallest absolute Gasteiger partial charge is 0.335 e. The number of hydrogen-bond acceptors (Lipinski definition) is 9. The molecule has 12 nitrogen and oxygen atoms in total. The second-order valence-electron chi connectivity index (χ2n) is 11.1. The summed E-state index contributed by atoms with van der Waals surface area (Å²) in [6.07, 6.45) is 2.26. The van der Waals surface area contributed by atoms with Gasteiger partial charge in [-0.15, -0.1) is 0 Å². The van der Waals surface area contributed by atoms with E-state index < -0.39 is 41.1 Å². The van der Waals surface area contributed by atoms with Gasteiger partial charge in [-0.2, -0.15) is 8.78 Å². The summed E-state index contributed by atoms with van der Waals surface area (Å²) in [4.78, 5) is 69.9. The number of carbonyl (C=O) groups excluding carboxylic acids is 2. The summed E-state index contributed by atoms with van der Waals surface area (Å²) in [5, 5.41) is 14.9. The number of hydrogen-bond donors (Lipinski definition) is 4. The number of nitrogens with one attached hydrogen (secondary N) is 2. The molecular weight excluding hydrogens is 590 g/mol. The molecule has 1 aliphatic carbocycles. The van der Waals surface area contributed by atoms with Crippen molar-refractivity contribution in [1.82, 2.24) is 20.6 Å². The lowest BCUT2D eigenvalue weighted by Gasteiger charge is -2.36. The summed E-state index contributed by atoms with van der Waals surface area (Å²) in [7, 11) is 0. The fraction of sp³-hybridized carbons (Fsp3) is 0.258. The fourth-order valence-electron chi connectivity index (χ4n) is 6.07. The number of amides is 2. The van der Waals surface area contributed by atoms with Gasteiger partial charge < -0.3 is 26.4 Å². The summed E-state index contributed by atoms with van der Waals surface area (Å²) < 4.78 is 29.8. The average Bonchev–Trinajstić information content (AvgIpc) is 3.42. The largest absolute Gasteiger partial charge is 0.478 e. The molecule has 2 amide bonds. The van der Waals surface area contributed by atoms with Crippen LogP contribution in [-0.2, 0) is 25.4 Å². The van der Waals surface area contributed by atoms with Gasteiger partial charge in [0.05, 0.1) is 18.2 Å². The molecule has 0 radical (unpaired) electrons. The first-order valence-electron chi connectivity index (χ1n) is 14.0. The Bertz CT molecular complexity index is 1990. The normalized spacial score (nSPS) is 16.6. The molecule has 0 spiro atoms. The number of carboxylic acids is 1. The van der Waals surface area contributed by atoms with Crippen LogP contribution in [0.25, 0.3) is 0 Å². The molecular formula is C31H26F2N6O6. The number of nitrogens with two attached hydrogens (primary N) is 1. The Balaban J connectivity index is 1.12. The third kappa shape index (κ3) is 5.17. The standard InChI is InChI=1S/C31H26F2N6O6/c1-14-17-5-7-21(19(17)4-3-18(14)30(44)45)38-29(43)23-9-22(36-13-37-23)28(42)35-10-15-2-6-20-16(8-15)11-39(12-31(20,32)33)25-24(34)26(40)27(25)41/h2-4,6,8-9,13,21H,5,7,10-12,34H2,1H3,(H,35,42)(H,38,43)(H,44,45)/t21-/m0/s1. The first-order chi connectivity index (χ1) is 21.4. The molecule has 45 heavy (non-hydrogen) atoms. The van der Waals surface area contributed by atoms with E-state index in [4.69, 9.17) is 5.73 Å². The van der Waals surface area contributed by atoms with Crippen LogP contribution in [0.5, 0.6) is 0 Å². The van der Waals surface area contributed by atoms with E-state index in [1.807, 2.05) is 0 Å². The van der Waals surface area contributed by atoms with Crippen LogP contribution >= 0.6 is 0 Å². The predicted octanol–water partition coefficient (Wildman–Crippen LogP) is 2.12. The SMILES string of the molecule is Cc1c(C(=O)O)ccc2c1CC[C@@H]2NC(=O)c1cc(C(=O)NCc2ccc3c(c2)CN(c2c(N)c(=O)c2=O)CC3(F)F)ncn1. The molecule has 5 N–H and O–H groups in total. The van der Waals surface area contributed by atoms with Gasteiger partial charge in [0.1, 0.15) is 29.1 Å². The lowest BCUT2D eigenvalue weighted by molar-refractivity contribution is -0.00254. The highest BCUT2D eigenvalue weighted by molar-refractivity contribution is 5.97. The third-order valence-corrected chi connectivity index (χ3v) is 8.37. The van der Waals surface area contributed by atoms with Crippen molar-refractivity contribution in [1.29, 1.82) is 0 Å². The fourth-order valence-corrected chi connectivity index (χ4v) is 6.07. The number of halogens is 2. The highest BCUT2D eigenvalue weighted by atomic mass is 19.3. The summed E-state index contributed by atoms with van der Waals surface area (Å²) in [6, 6.07) is 8.29. The van der Waals surface area contributed by atoms with E-state index in [9.17, 15) is 37.9 Å². The maximum absolute atomic E-state index is 14.9. The number of alkyl halides is 2. The molecule has 14 heteroatoms. The quantitative estimate of drug-likeness (QED) is 0.224. The zero-order valence-corrected chi connectivity index (χ0v) is 23.8. The summed E-state index contributed by atoms with van der Waals surface area (Å²) in [5.74, 6) is -5.49. The number of anilines is 2. The summed E-state index contributed by atoms with van der Waals surface area (Å²) in [6.45, 7) is 0.817. The molecule has 1 aromatic heterocycles. The number of fused-ring (bicyclic) bond motifs is 2. The van der Waals surface area contributed by atoms with Gasteiger partial charge in [-0.25, -0.2) is 14.8 Å². The Kier molecular flexibility index (Phi) is 7.14. The number of carbonyl (C=O) groups is 3. The molecule has 2 heterocycles. The van der Waals surface area contributed by atoms with E-state index in [1.165, 1.54) is 30.3 Å². The summed E-state index contributed by atoms with van der Waals surface area (Å²) >= 11 is 0. The first kappa shape index (κ1) is 29.5. The molecule has 0 bridgehead atoms. The Morgan fingerprint density at radius 1 is 1.07 bits per heavy atom. The summed E-state index contributed by atoms with van der Waals surface area (Å²) in [5.41, 5.74) is 6.20. The van der Waals surface area contributed by atoms with Crippen LogP contribution in [0.3, 0.4) is 0 Å². The van der Waals surface area contributed by atoms with Crippen molar-refractivity contribution in [3.05, 3.63) is 114 Å². The van der Waals surface area contributed by atoms with Crippen LogP contribution in [0.15, 0.2) is 52.3 Å². The van der Waals surface area contributed by atoms with Gasteiger partial charge in [0, 0.05) is 24.7 Å². The van der Waals surface area contributed by atoms with Crippen LogP contribution in [-0.4, -0.2) is 39.4 Å². The zero-order valence-electron chi connectivity index (χ0n) is 23.8. The van der Waals surface area contributed by atoms with Crippen molar-refractivity contribution < 1.29 is 28.3 Å². The Labute approximate surface area is 253 Å². The van der Waals surface area contributed by atoms with Crippen LogP contribution in [0.1, 0.15) is 77.2 Å². The van der Waals surface area contributed by atoms with Gasteiger partial charge in [0.25, 0.3) is 28.6 Å². The molecule has 0 unspecified atom stereocenters. The van der Waals surface area contributed by atoms with Crippen molar-refractivity contribution in [2.45, 2.75) is 44.8 Å². The van der Waals surface area contributed by atoms with E-state index in [0.29, 0.717) is 24.0 Å². The van der Waals surface area contributed by atoms with Gasteiger partial charge in [0.15, 0.2) is 0 Å². The number of carboxylic acid groups (broad SMARTS) is 1. The first-order valence-corrected chi connectivity index (χ1v) is 14.0. The molecule has 1 atom stereocenters. The molecule has 1 aliphatic heterocycles. The van der Waals surface area contributed by atoms with Gasteiger partial charge in [-0.3, -0.25) is 19.2 Å². The number of benzene rings is 2. The monoisotopic (exact) mass is 616 g/mol. The molecule has 0 saturated heterocycles. The van der Waals surface area contributed by atoms with Gasteiger partial charge in [0.2, 0.25) is 0 Å². The van der Waals surface area contributed by atoms with E-state index >= 15 is 0 Å². The average molecular weight is 617 g/mol. The molecule has 0 fully saturated rings. The topological polar surface area (TPSA) is 185 Å². The van der Waals surface area contributed by atoms with Gasteiger partial charge in [-0.1, -0.05) is 24.3 Å². The van der Waals surface area contributed by atoms with Gasteiger partial charge >= 0.3 is 5.97 Å². The number of nitrogen functional groups attached to an aromatic ring is 1. The van der Waals surface area contributed by atoms with E-state index in [1.54, 1.807) is 13.0 Å². The minimum Gasteiger partial charge on any atom is -0.478 e. The van der Waals surface area contributed by atoms with Crippen molar-refractivity contribution >= 4 is 29.2 Å². The molecule has 0 saturated carbocycles. The van der Waals surface area contributed by atoms with E-state index in [0.717, 1.165) is 22.4 Å². The minimum atomic E-state index is -3.31. The number of rotatable bonds is 7. The van der Waals surface area contributed by atoms with Crippen molar-refractivity contribution in [3.63, 3.8) is 0 Å². The van der Waals surface area contributed by atoms with Crippen molar-refractivity contribution in [3.8, 4) is 0 Å². The molecule has 2 aliphatic rings. The predicted molar refractivity (Wildman–Crippen MR) is 157 cm³/mol. The Morgan fingerprint density at radius 3 is 2.51 bits per heavy atom. The van der Waals surface area contributed by atoms with Crippen LogP contribution in [0.2, 0.25) is 0 Å². The minimum absolute atomic E-state index is 0.0452. The molecule has 6 rings (SSSR count). The van der Waals surface area contributed by atoms with Crippen LogP contribution < -0.4 is 32.1 Å².